The normalized spacial score (nSPS) is 10.3. The summed E-state index contributed by atoms with van der Waals surface area (Å²) in [5.74, 6) is -1.27. The number of aromatic nitrogens is 1. The Kier molecular flexibility index (Phi) is 4.52. The van der Waals surface area contributed by atoms with E-state index in [9.17, 15) is 13.6 Å². The van der Waals surface area contributed by atoms with Crippen molar-refractivity contribution in [3.63, 3.8) is 0 Å². The van der Waals surface area contributed by atoms with E-state index in [1.165, 1.54) is 0 Å². The Balaban J connectivity index is 3.47. The first kappa shape index (κ1) is 13.5. The van der Waals surface area contributed by atoms with E-state index in [-0.39, 0.29) is 22.2 Å². The van der Waals surface area contributed by atoms with Crippen molar-refractivity contribution < 1.29 is 18.7 Å². The summed E-state index contributed by atoms with van der Waals surface area (Å²) in [6, 6.07) is 1.67. The summed E-state index contributed by atoms with van der Waals surface area (Å²) in [7, 11) is 0. The van der Waals surface area contributed by atoms with Gasteiger partial charge in [0.2, 0.25) is 0 Å². The topological polar surface area (TPSA) is 74.0 Å². The molecule has 1 rings (SSSR count). The third kappa shape index (κ3) is 2.97. The van der Waals surface area contributed by atoms with E-state index in [0.29, 0.717) is 0 Å². The van der Waals surface area contributed by atoms with E-state index in [4.69, 9.17) is 10.4 Å². The van der Waals surface area contributed by atoms with Crippen LogP contribution in [-0.2, 0) is 16.5 Å². The van der Waals surface area contributed by atoms with Gasteiger partial charge < -0.3 is 5.11 Å². The van der Waals surface area contributed by atoms with Crippen molar-refractivity contribution in [1.82, 2.24) is 4.98 Å². The van der Waals surface area contributed by atoms with Gasteiger partial charge in [0.1, 0.15) is 6.07 Å². The molecular weight excluding hydrogens is 298 g/mol. The van der Waals surface area contributed by atoms with E-state index in [1.807, 2.05) is 0 Å². The van der Waals surface area contributed by atoms with E-state index >= 15 is 0 Å². The van der Waals surface area contributed by atoms with Gasteiger partial charge in [-0.3, -0.25) is 9.78 Å². The third-order valence-corrected chi connectivity index (χ3v) is 2.64. The minimum Gasteiger partial charge on any atom is -0.481 e. The van der Waals surface area contributed by atoms with Gasteiger partial charge in [0, 0.05) is 17.1 Å². The number of alkyl halides is 3. The number of rotatable bonds is 4. The number of halogens is 3. The number of carboxylic acids is 1. The highest BCUT2D eigenvalue weighted by Gasteiger charge is 2.23. The molecule has 0 bridgehead atoms. The van der Waals surface area contributed by atoms with Crippen molar-refractivity contribution in [1.29, 1.82) is 5.26 Å². The molecule has 1 aromatic rings. The van der Waals surface area contributed by atoms with Crippen LogP contribution in [0.3, 0.4) is 0 Å². The van der Waals surface area contributed by atoms with Gasteiger partial charge in [0.05, 0.1) is 17.7 Å². The number of nitriles is 1. The number of pyridine rings is 1. The molecule has 0 aliphatic carbocycles. The van der Waals surface area contributed by atoms with Crippen LogP contribution >= 0.6 is 15.9 Å². The average molecular weight is 305 g/mol. The van der Waals surface area contributed by atoms with Crippen LogP contribution in [0.4, 0.5) is 8.78 Å². The Hall–Kier alpha value is -1.55. The number of aliphatic carboxylic acids is 1. The van der Waals surface area contributed by atoms with E-state index < -0.39 is 24.4 Å². The van der Waals surface area contributed by atoms with Crippen molar-refractivity contribution in [2.75, 3.05) is 0 Å². The fourth-order valence-electron chi connectivity index (χ4n) is 1.41. The second kappa shape index (κ2) is 5.68. The van der Waals surface area contributed by atoms with Crippen molar-refractivity contribution in [3.05, 3.63) is 28.6 Å². The molecule has 0 saturated carbocycles. The lowest BCUT2D eigenvalue weighted by Gasteiger charge is -2.12. The van der Waals surface area contributed by atoms with Gasteiger partial charge in [0.15, 0.2) is 0 Å². The number of hydrogen-bond donors (Lipinski definition) is 1. The summed E-state index contributed by atoms with van der Waals surface area (Å²) >= 11 is 3.00. The Labute approximate surface area is 104 Å². The van der Waals surface area contributed by atoms with Crippen molar-refractivity contribution >= 4 is 21.9 Å². The zero-order valence-electron chi connectivity index (χ0n) is 8.45. The number of carboxylic acid groups (broad SMARTS) is 1. The fourth-order valence-corrected chi connectivity index (χ4v) is 1.86. The molecule has 0 aliphatic rings. The Morgan fingerprint density at radius 3 is 2.71 bits per heavy atom. The maximum Gasteiger partial charge on any atom is 0.307 e. The smallest absolute Gasteiger partial charge is 0.307 e. The largest absolute Gasteiger partial charge is 0.481 e. The molecule has 0 fully saturated rings. The van der Waals surface area contributed by atoms with Crippen LogP contribution in [0.1, 0.15) is 28.8 Å². The van der Waals surface area contributed by atoms with E-state index in [2.05, 4.69) is 20.9 Å². The summed E-state index contributed by atoms with van der Waals surface area (Å²) in [6.45, 7) is 0. The molecule has 0 aliphatic heterocycles. The van der Waals surface area contributed by atoms with Crippen LogP contribution in [0.25, 0.3) is 0 Å². The first-order valence-corrected chi connectivity index (χ1v) is 5.60. The van der Waals surface area contributed by atoms with Gasteiger partial charge >= 0.3 is 5.97 Å². The van der Waals surface area contributed by atoms with Crippen LogP contribution in [0.2, 0.25) is 0 Å². The quantitative estimate of drug-likeness (QED) is 0.867. The minimum atomic E-state index is -2.86. The average Bonchev–Trinajstić information content (AvgIpc) is 2.27. The zero-order chi connectivity index (χ0) is 13.0. The molecule has 1 N–H and O–H groups in total. The third-order valence-electron chi connectivity index (χ3n) is 2.10. The van der Waals surface area contributed by atoms with Gasteiger partial charge in [-0.2, -0.15) is 5.26 Å². The number of carbonyl (C=O) groups is 1. The standard InChI is InChI=1S/C10H7BrF2N2O2/c11-2-7-9(10(12)13)6(1-8(16)17)5(3-14)4-15-7/h4,10H,1-2H2,(H,16,17). The molecule has 17 heavy (non-hydrogen) atoms. The fraction of sp³-hybridized carbons (Fsp3) is 0.300. The Morgan fingerprint density at radius 2 is 2.29 bits per heavy atom. The van der Waals surface area contributed by atoms with Crippen LogP contribution in [-0.4, -0.2) is 16.1 Å². The second-order valence-corrected chi connectivity index (χ2v) is 3.69. The van der Waals surface area contributed by atoms with Gasteiger partial charge in [-0.15, -0.1) is 0 Å². The second-order valence-electron chi connectivity index (χ2n) is 3.13. The molecule has 4 nitrogen and oxygen atoms in total. The highest BCUT2D eigenvalue weighted by atomic mass is 79.9. The van der Waals surface area contributed by atoms with Gasteiger partial charge in [0.25, 0.3) is 6.43 Å². The lowest BCUT2D eigenvalue weighted by atomic mass is 9.99. The maximum atomic E-state index is 12.9. The van der Waals surface area contributed by atoms with Crippen LogP contribution in [0.15, 0.2) is 6.20 Å². The molecule has 0 amide bonds. The SMILES string of the molecule is N#Cc1cnc(CBr)c(C(F)F)c1CC(=O)O. The number of hydrogen-bond acceptors (Lipinski definition) is 3. The molecule has 90 valence electrons. The van der Waals surface area contributed by atoms with Crippen molar-refractivity contribution in [2.45, 2.75) is 18.2 Å². The molecule has 0 atom stereocenters. The van der Waals surface area contributed by atoms with Crippen LogP contribution in [0, 0.1) is 11.3 Å². The van der Waals surface area contributed by atoms with Gasteiger partial charge in [-0.05, 0) is 5.56 Å². The molecular formula is C10H7BrF2N2O2. The molecule has 1 aromatic heterocycles. The molecule has 0 saturated heterocycles. The molecule has 1 heterocycles. The van der Waals surface area contributed by atoms with Gasteiger partial charge in [-0.1, -0.05) is 15.9 Å². The highest BCUT2D eigenvalue weighted by molar-refractivity contribution is 9.08. The van der Waals surface area contributed by atoms with Crippen LogP contribution < -0.4 is 0 Å². The molecule has 0 aromatic carbocycles. The Morgan fingerprint density at radius 1 is 1.65 bits per heavy atom. The summed E-state index contributed by atoms with van der Waals surface area (Å²) in [5, 5.41) is 17.5. The summed E-state index contributed by atoms with van der Waals surface area (Å²) in [4.78, 5) is 14.3. The first-order chi connectivity index (χ1) is 8.01. The van der Waals surface area contributed by atoms with E-state index in [1.54, 1.807) is 6.07 Å². The Bertz CT molecular complexity index is 486. The van der Waals surface area contributed by atoms with Crippen LogP contribution in [0.5, 0.6) is 0 Å². The lowest BCUT2D eigenvalue weighted by Crippen LogP contribution is -2.10. The minimum absolute atomic E-state index is 0.0512. The molecule has 0 spiro atoms. The summed E-state index contributed by atoms with van der Waals surface area (Å²) < 4.78 is 25.8. The molecule has 0 radical (unpaired) electrons. The summed E-state index contributed by atoms with van der Waals surface area (Å²) in [5.41, 5.74) is -0.717. The molecule has 7 heteroatoms. The first-order valence-electron chi connectivity index (χ1n) is 4.47. The summed E-state index contributed by atoms with van der Waals surface area (Å²) in [6.07, 6.45) is -2.37. The predicted molar refractivity (Wildman–Crippen MR) is 57.9 cm³/mol. The molecule has 0 unspecified atom stereocenters. The highest BCUT2D eigenvalue weighted by Crippen LogP contribution is 2.29. The predicted octanol–water partition coefficient (Wildman–Crippen LogP) is 2.41. The van der Waals surface area contributed by atoms with Crippen molar-refractivity contribution in [3.8, 4) is 6.07 Å². The zero-order valence-corrected chi connectivity index (χ0v) is 10.0. The van der Waals surface area contributed by atoms with E-state index in [0.717, 1.165) is 6.20 Å². The number of nitrogens with zero attached hydrogens (tertiary/aromatic N) is 2. The maximum absolute atomic E-state index is 12.9. The lowest BCUT2D eigenvalue weighted by molar-refractivity contribution is -0.136. The van der Waals surface area contributed by atoms with Gasteiger partial charge in [-0.25, -0.2) is 8.78 Å². The monoisotopic (exact) mass is 304 g/mol. The van der Waals surface area contributed by atoms with Crippen molar-refractivity contribution in [2.24, 2.45) is 0 Å².